The molecule has 0 aromatic rings. The zero-order chi connectivity index (χ0) is 19.1. The Balaban J connectivity index is 0.000000844. The molecular formula is C21H42N4. The summed E-state index contributed by atoms with van der Waals surface area (Å²) < 4.78 is 0. The zero-order valence-corrected chi connectivity index (χ0v) is 17.3. The summed E-state index contributed by atoms with van der Waals surface area (Å²) in [7, 11) is 0. The molecule has 1 atom stereocenters. The summed E-state index contributed by atoms with van der Waals surface area (Å²) in [6, 6.07) is 0.396. The van der Waals surface area contributed by atoms with Gasteiger partial charge in [0, 0.05) is 12.6 Å². The van der Waals surface area contributed by atoms with Crippen molar-refractivity contribution in [3.8, 4) is 0 Å². The molecule has 4 N–H and O–H groups in total. The predicted octanol–water partition coefficient (Wildman–Crippen LogP) is 4.13. The van der Waals surface area contributed by atoms with Crippen molar-refractivity contribution in [2.75, 3.05) is 26.2 Å². The van der Waals surface area contributed by atoms with E-state index in [9.17, 15) is 0 Å². The summed E-state index contributed by atoms with van der Waals surface area (Å²) in [5.41, 5.74) is 7.55. The fourth-order valence-corrected chi connectivity index (χ4v) is 2.74. The van der Waals surface area contributed by atoms with E-state index in [1.54, 1.807) is 0 Å². The van der Waals surface area contributed by atoms with Crippen molar-refractivity contribution in [3.05, 3.63) is 23.8 Å². The van der Waals surface area contributed by atoms with Gasteiger partial charge < -0.3 is 21.4 Å². The van der Waals surface area contributed by atoms with Crippen LogP contribution in [0, 0.1) is 5.41 Å². The van der Waals surface area contributed by atoms with E-state index < -0.39 is 0 Å². The normalized spacial score (nSPS) is 21.0. The van der Waals surface area contributed by atoms with Crippen LogP contribution >= 0.6 is 0 Å². The number of piperidine rings is 1. The molecule has 146 valence electrons. The topological polar surface area (TPSA) is 65.1 Å². The Morgan fingerprint density at radius 3 is 2.12 bits per heavy atom. The van der Waals surface area contributed by atoms with Gasteiger partial charge in [0.2, 0.25) is 0 Å². The van der Waals surface area contributed by atoms with Gasteiger partial charge in [-0.05, 0) is 50.5 Å². The van der Waals surface area contributed by atoms with Crippen molar-refractivity contribution in [2.45, 2.75) is 78.8 Å². The molecule has 4 heteroatoms. The highest BCUT2D eigenvalue weighted by molar-refractivity contribution is 5.99. The highest BCUT2D eigenvalue weighted by Crippen LogP contribution is 2.12. The second-order valence-corrected chi connectivity index (χ2v) is 6.97. The van der Waals surface area contributed by atoms with E-state index in [1.165, 1.54) is 57.3 Å². The number of hydrogen-bond donors (Lipinski definition) is 3. The summed E-state index contributed by atoms with van der Waals surface area (Å²) >= 11 is 0. The van der Waals surface area contributed by atoms with Crippen LogP contribution in [0.15, 0.2) is 23.8 Å². The first kappa shape index (κ1) is 24.0. The van der Waals surface area contributed by atoms with E-state index in [1.807, 2.05) is 18.2 Å². The molecule has 0 radical (unpaired) electrons. The molecular weight excluding hydrogens is 308 g/mol. The molecule has 0 spiro atoms. The van der Waals surface area contributed by atoms with Crippen LogP contribution in [0.25, 0.3) is 0 Å². The van der Waals surface area contributed by atoms with E-state index in [4.69, 9.17) is 11.1 Å². The van der Waals surface area contributed by atoms with Crippen LogP contribution in [0.2, 0.25) is 0 Å². The lowest BCUT2D eigenvalue weighted by Crippen LogP contribution is -2.43. The Hall–Kier alpha value is -0.970. The molecule has 1 unspecified atom stereocenters. The first-order valence-corrected chi connectivity index (χ1v) is 10.2. The van der Waals surface area contributed by atoms with E-state index in [2.05, 4.69) is 44.8 Å². The van der Waals surface area contributed by atoms with Crippen LogP contribution in [0.4, 0.5) is 0 Å². The van der Waals surface area contributed by atoms with Gasteiger partial charge in [-0.15, -0.1) is 0 Å². The minimum atomic E-state index is -0.229. The van der Waals surface area contributed by atoms with Gasteiger partial charge in [0.15, 0.2) is 0 Å². The van der Waals surface area contributed by atoms with Crippen molar-refractivity contribution in [1.29, 1.82) is 5.41 Å². The summed E-state index contributed by atoms with van der Waals surface area (Å²) in [6.07, 6.45) is 12.0. The highest BCUT2D eigenvalue weighted by atomic mass is 15.1. The third-order valence-corrected chi connectivity index (χ3v) is 3.95. The quantitative estimate of drug-likeness (QED) is 0.698. The van der Waals surface area contributed by atoms with Crippen molar-refractivity contribution in [1.82, 2.24) is 10.2 Å². The standard InChI is InChI=1S/C15H26N4.2C3H8/c1-2-7-19-8-5-13(6-9-19)18-11-12-3-4-14(16)15(17)10-12;2*1-3-2/h3-4,10,13,15-16,18H,2,5-9,11,17H2,1H3;2*3H2,1-2H3. The lowest BCUT2D eigenvalue weighted by molar-refractivity contribution is 0.200. The average Bonchev–Trinajstić information content (AvgIpc) is 2.59. The van der Waals surface area contributed by atoms with Gasteiger partial charge in [-0.3, -0.25) is 0 Å². The molecule has 0 aromatic carbocycles. The number of likely N-dealkylation sites (tertiary alicyclic amines) is 1. The molecule has 1 saturated heterocycles. The van der Waals surface area contributed by atoms with Gasteiger partial charge in [-0.25, -0.2) is 0 Å². The number of nitrogens with one attached hydrogen (secondary N) is 2. The Bertz CT molecular complexity index is 391. The average molecular weight is 351 g/mol. The Morgan fingerprint density at radius 2 is 1.64 bits per heavy atom. The van der Waals surface area contributed by atoms with Crippen LogP contribution < -0.4 is 11.1 Å². The summed E-state index contributed by atoms with van der Waals surface area (Å²) in [5.74, 6) is 0. The van der Waals surface area contributed by atoms with Crippen molar-refractivity contribution in [2.24, 2.45) is 5.73 Å². The van der Waals surface area contributed by atoms with Gasteiger partial charge in [-0.1, -0.05) is 59.6 Å². The zero-order valence-electron chi connectivity index (χ0n) is 17.3. The second-order valence-electron chi connectivity index (χ2n) is 6.97. The van der Waals surface area contributed by atoms with Crippen LogP contribution in [-0.4, -0.2) is 48.9 Å². The monoisotopic (exact) mass is 350 g/mol. The maximum absolute atomic E-state index is 7.59. The molecule has 1 aliphatic heterocycles. The van der Waals surface area contributed by atoms with Crippen molar-refractivity contribution < 1.29 is 0 Å². The first-order chi connectivity index (χ1) is 12.0. The maximum Gasteiger partial charge on any atom is 0.0655 e. The fraction of sp³-hybridized carbons (Fsp3) is 0.762. The van der Waals surface area contributed by atoms with E-state index >= 15 is 0 Å². The molecule has 2 aliphatic rings. The summed E-state index contributed by atoms with van der Waals surface area (Å²) in [5, 5.41) is 11.2. The van der Waals surface area contributed by atoms with E-state index in [0.717, 1.165) is 6.54 Å². The lowest BCUT2D eigenvalue weighted by atomic mass is 10.00. The summed E-state index contributed by atoms with van der Waals surface area (Å²) in [4.78, 5) is 2.55. The van der Waals surface area contributed by atoms with Gasteiger partial charge in [-0.2, -0.15) is 0 Å². The van der Waals surface area contributed by atoms with E-state index in [0.29, 0.717) is 11.8 Å². The van der Waals surface area contributed by atoms with E-state index in [-0.39, 0.29) is 6.04 Å². The molecule has 0 saturated carbocycles. The molecule has 0 aromatic heterocycles. The Labute approximate surface area is 156 Å². The third kappa shape index (κ3) is 11.3. The number of nitrogens with zero attached hydrogens (tertiary/aromatic N) is 1. The van der Waals surface area contributed by atoms with Gasteiger partial charge in [0.25, 0.3) is 0 Å². The molecule has 2 rings (SSSR count). The molecule has 1 heterocycles. The smallest absolute Gasteiger partial charge is 0.0655 e. The third-order valence-electron chi connectivity index (χ3n) is 3.95. The van der Waals surface area contributed by atoms with Gasteiger partial charge in [0.05, 0.1) is 11.8 Å². The van der Waals surface area contributed by atoms with Gasteiger partial charge >= 0.3 is 0 Å². The first-order valence-electron chi connectivity index (χ1n) is 10.2. The number of rotatable bonds is 5. The molecule has 0 bridgehead atoms. The number of hydrogen-bond acceptors (Lipinski definition) is 4. The highest BCUT2D eigenvalue weighted by Gasteiger charge is 2.18. The van der Waals surface area contributed by atoms with Crippen LogP contribution in [0.3, 0.4) is 0 Å². The minimum Gasteiger partial charge on any atom is -0.319 e. The van der Waals surface area contributed by atoms with Crippen molar-refractivity contribution in [3.63, 3.8) is 0 Å². The predicted molar refractivity (Wildman–Crippen MR) is 113 cm³/mol. The van der Waals surface area contributed by atoms with Crippen LogP contribution in [0.1, 0.15) is 66.7 Å². The number of nitrogens with two attached hydrogens (primary N) is 1. The van der Waals surface area contributed by atoms with Crippen molar-refractivity contribution >= 4 is 5.71 Å². The largest absolute Gasteiger partial charge is 0.319 e. The van der Waals surface area contributed by atoms with Crippen LogP contribution in [0.5, 0.6) is 0 Å². The summed E-state index contributed by atoms with van der Waals surface area (Å²) in [6.45, 7) is 15.3. The minimum absolute atomic E-state index is 0.229. The maximum atomic E-state index is 7.59. The SMILES string of the molecule is CCC.CCC.CCCN1CCC(NCC2=CC(N)C(=N)C=C2)CC1. The molecule has 1 fully saturated rings. The second kappa shape index (κ2) is 15.3. The Kier molecular flexibility index (Phi) is 14.7. The molecule has 4 nitrogen and oxygen atoms in total. The molecule has 1 aliphatic carbocycles. The molecule has 25 heavy (non-hydrogen) atoms. The fourth-order valence-electron chi connectivity index (χ4n) is 2.74. The lowest BCUT2D eigenvalue weighted by Gasteiger charge is -2.32. The van der Waals surface area contributed by atoms with Gasteiger partial charge in [0.1, 0.15) is 0 Å². The van der Waals surface area contributed by atoms with Crippen LogP contribution in [-0.2, 0) is 0 Å². The molecule has 0 amide bonds. The Morgan fingerprint density at radius 1 is 1.08 bits per heavy atom.